The van der Waals surface area contributed by atoms with Crippen LogP contribution in [-0.4, -0.2) is 68.2 Å². The summed E-state index contributed by atoms with van der Waals surface area (Å²) in [4.78, 5) is 16.7. The molecule has 0 saturated carbocycles. The third kappa shape index (κ3) is 6.73. The summed E-state index contributed by atoms with van der Waals surface area (Å²) in [7, 11) is 0. The van der Waals surface area contributed by atoms with E-state index in [9.17, 15) is 4.79 Å². The molecule has 0 aromatic heterocycles. The van der Waals surface area contributed by atoms with E-state index in [2.05, 4.69) is 38.9 Å². The summed E-state index contributed by atoms with van der Waals surface area (Å²) in [5, 5.41) is 11.8. The van der Waals surface area contributed by atoms with Gasteiger partial charge >= 0.3 is 0 Å². The molecule has 1 aliphatic heterocycles. The molecule has 1 aliphatic rings. The van der Waals surface area contributed by atoms with E-state index in [1.54, 1.807) is 0 Å². The van der Waals surface area contributed by atoms with Crippen molar-refractivity contribution in [2.45, 2.75) is 6.42 Å². The van der Waals surface area contributed by atoms with Crippen LogP contribution in [0.25, 0.3) is 0 Å². The SMILES string of the molecule is N#CCCN(CCN1CCOCC1)CC(=O)Nc1ccccc1I. The minimum Gasteiger partial charge on any atom is -0.379 e. The first-order chi connectivity index (χ1) is 11.7. The van der Waals surface area contributed by atoms with Crippen LogP contribution in [0.2, 0.25) is 0 Å². The fraction of sp³-hybridized carbons (Fsp3) is 0.529. The van der Waals surface area contributed by atoms with Crippen LogP contribution in [0.3, 0.4) is 0 Å². The maximum absolute atomic E-state index is 12.3. The normalized spacial score (nSPS) is 15.2. The Morgan fingerprint density at radius 1 is 1.33 bits per heavy atom. The van der Waals surface area contributed by atoms with Crippen LogP contribution in [0.15, 0.2) is 24.3 Å². The van der Waals surface area contributed by atoms with Crippen molar-refractivity contribution in [3.8, 4) is 6.07 Å². The molecule has 1 heterocycles. The van der Waals surface area contributed by atoms with Crippen molar-refractivity contribution < 1.29 is 9.53 Å². The smallest absolute Gasteiger partial charge is 0.238 e. The molecule has 7 heteroatoms. The van der Waals surface area contributed by atoms with Gasteiger partial charge in [-0.25, -0.2) is 0 Å². The highest BCUT2D eigenvalue weighted by Crippen LogP contribution is 2.16. The van der Waals surface area contributed by atoms with E-state index in [0.29, 0.717) is 19.5 Å². The summed E-state index contributed by atoms with van der Waals surface area (Å²) in [6, 6.07) is 9.87. The van der Waals surface area contributed by atoms with Gasteiger partial charge in [-0.3, -0.25) is 14.6 Å². The van der Waals surface area contributed by atoms with Crippen LogP contribution in [0.1, 0.15) is 6.42 Å². The van der Waals surface area contributed by atoms with Crippen LogP contribution in [0.4, 0.5) is 5.69 Å². The van der Waals surface area contributed by atoms with Gasteiger partial charge in [0.15, 0.2) is 0 Å². The van der Waals surface area contributed by atoms with E-state index in [-0.39, 0.29) is 5.91 Å². The van der Waals surface area contributed by atoms with Crippen LogP contribution in [-0.2, 0) is 9.53 Å². The molecule has 0 spiro atoms. The average Bonchev–Trinajstić information content (AvgIpc) is 2.60. The number of carbonyl (C=O) groups excluding carboxylic acids is 1. The molecule has 130 valence electrons. The molecule has 1 N–H and O–H groups in total. The largest absolute Gasteiger partial charge is 0.379 e. The summed E-state index contributed by atoms with van der Waals surface area (Å²) in [5.74, 6) is -0.0426. The molecule has 0 unspecified atom stereocenters. The molecule has 1 fully saturated rings. The van der Waals surface area contributed by atoms with Crippen molar-refractivity contribution in [1.29, 1.82) is 5.26 Å². The molecule has 1 aromatic carbocycles. The summed E-state index contributed by atoms with van der Waals surface area (Å²) in [6.45, 7) is 5.99. The number of hydrogen-bond donors (Lipinski definition) is 1. The molecule has 1 aromatic rings. The molecule has 0 bridgehead atoms. The van der Waals surface area contributed by atoms with Gasteiger partial charge in [0.25, 0.3) is 0 Å². The number of rotatable bonds is 8. The van der Waals surface area contributed by atoms with Gasteiger partial charge in [-0.2, -0.15) is 5.26 Å². The number of carbonyl (C=O) groups is 1. The van der Waals surface area contributed by atoms with E-state index >= 15 is 0 Å². The molecule has 6 nitrogen and oxygen atoms in total. The Morgan fingerprint density at radius 2 is 2.08 bits per heavy atom. The predicted octanol–water partition coefficient (Wildman–Crippen LogP) is 1.78. The van der Waals surface area contributed by atoms with Gasteiger partial charge in [-0.15, -0.1) is 0 Å². The molecule has 2 rings (SSSR count). The third-order valence-corrected chi connectivity index (χ3v) is 4.83. The first-order valence-corrected chi connectivity index (χ1v) is 9.20. The quantitative estimate of drug-likeness (QED) is 0.622. The zero-order valence-electron chi connectivity index (χ0n) is 13.7. The second-order valence-electron chi connectivity index (χ2n) is 5.67. The highest BCUT2D eigenvalue weighted by Gasteiger charge is 2.15. The Labute approximate surface area is 156 Å². The van der Waals surface area contributed by atoms with Gasteiger partial charge in [-0.1, -0.05) is 12.1 Å². The Balaban J connectivity index is 1.83. The number of morpholine rings is 1. The minimum absolute atomic E-state index is 0.0426. The topological polar surface area (TPSA) is 68.6 Å². The number of nitrogens with one attached hydrogen (secondary N) is 1. The van der Waals surface area contributed by atoms with Crippen LogP contribution >= 0.6 is 22.6 Å². The second kappa shape index (κ2) is 10.6. The van der Waals surface area contributed by atoms with Crippen molar-refractivity contribution in [1.82, 2.24) is 9.80 Å². The molecule has 1 amide bonds. The van der Waals surface area contributed by atoms with Crippen LogP contribution < -0.4 is 5.32 Å². The fourth-order valence-electron chi connectivity index (χ4n) is 2.54. The van der Waals surface area contributed by atoms with Gasteiger partial charge in [0, 0.05) is 42.7 Å². The van der Waals surface area contributed by atoms with Gasteiger partial charge in [-0.05, 0) is 34.7 Å². The van der Waals surface area contributed by atoms with E-state index < -0.39 is 0 Å². The number of ether oxygens (including phenoxy) is 1. The van der Waals surface area contributed by atoms with Crippen molar-refractivity contribution >= 4 is 34.2 Å². The monoisotopic (exact) mass is 442 g/mol. The van der Waals surface area contributed by atoms with E-state index in [0.717, 1.165) is 48.7 Å². The molecular weight excluding hydrogens is 419 g/mol. The molecule has 0 aliphatic carbocycles. The fourth-order valence-corrected chi connectivity index (χ4v) is 3.06. The Kier molecular flexibility index (Phi) is 8.45. The van der Waals surface area contributed by atoms with Crippen molar-refractivity contribution in [2.75, 3.05) is 57.8 Å². The summed E-state index contributed by atoms with van der Waals surface area (Å²) >= 11 is 2.21. The molecule has 1 saturated heterocycles. The number of nitrogens with zero attached hydrogens (tertiary/aromatic N) is 3. The lowest BCUT2D eigenvalue weighted by atomic mass is 10.3. The second-order valence-corrected chi connectivity index (χ2v) is 6.83. The minimum atomic E-state index is -0.0426. The molecule has 0 atom stereocenters. The molecule has 24 heavy (non-hydrogen) atoms. The zero-order valence-corrected chi connectivity index (χ0v) is 15.9. The summed E-state index contributed by atoms with van der Waals surface area (Å²) in [5.41, 5.74) is 0.830. The number of para-hydroxylation sites is 1. The van der Waals surface area contributed by atoms with Gasteiger partial charge < -0.3 is 10.1 Å². The average molecular weight is 442 g/mol. The lowest BCUT2D eigenvalue weighted by Gasteiger charge is -2.29. The number of anilines is 1. The Bertz CT molecular complexity index is 570. The maximum Gasteiger partial charge on any atom is 0.238 e. The van der Waals surface area contributed by atoms with E-state index in [4.69, 9.17) is 10.00 Å². The maximum atomic E-state index is 12.3. The highest BCUT2D eigenvalue weighted by molar-refractivity contribution is 14.1. The highest BCUT2D eigenvalue weighted by atomic mass is 127. The molecular formula is C17H23IN4O2. The van der Waals surface area contributed by atoms with Crippen LogP contribution in [0.5, 0.6) is 0 Å². The number of amides is 1. The van der Waals surface area contributed by atoms with Gasteiger partial charge in [0.05, 0.1) is 31.5 Å². The summed E-state index contributed by atoms with van der Waals surface area (Å²) < 4.78 is 6.36. The van der Waals surface area contributed by atoms with Gasteiger partial charge in [0.1, 0.15) is 0 Å². The van der Waals surface area contributed by atoms with Gasteiger partial charge in [0.2, 0.25) is 5.91 Å². The number of benzene rings is 1. The van der Waals surface area contributed by atoms with Crippen molar-refractivity contribution in [3.05, 3.63) is 27.8 Å². The lowest BCUT2D eigenvalue weighted by molar-refractivity contribution is -0.117. The van der Waals surface area contributed by atoms with E-state index in [1.165, 1.54) is 0 Å². The number of hydrogen-bond acceptors (Lipinski definition) is 5. The lowest BCUT2D eigenvalue weighted by Crippen LogP contribution is -2.43. The number of halogens is 1. The zero-order chi connectivity index (χ0) is 17.2. The predicted molar refractivity (Wildman–Crippen MR) is 102 cm³/mol. The first kappa shape index (κ1) is 19.1. The Hall–Kier alpha value is -1.21. The van der Waals surface area contributed by atoms with Crippen molar-refractivity contribution in [3.63, 3.8) is 0 Å². The van der Waals surface area contributed by atoms with Crippen molar-refractivity contribution in [2.24, 2.45) is 0 Å². The first-order valence-electron chi connectivity index (χ1n) is 8.13. The summed E-state index contributed by atoms with van der Waals surface area (Å²) in [6.07, 6.45) is 0.430. The third-order valence-electron chi connectivity index (χ3n) is 3.89. The Morgan fingerprint density at radius 3 is 2.79 bits per heavy atom. The van der Waals surface area contributed by atoms with Crippen LogP contribution in [0, 0.1) is 14.9 Å². The van der Waals surface area contributed by atoms with E-state index in [1.807, 2.05) is 29.2 Å². The standard InChI is InChI=1S/C17H23IN4O2/c18-15-4-1-2-5-16(15)20-17(23)14-22(7-3-6-19)9-8-21-10-12-24-13-11-21/h1-2,4-5H,3,7-14H2,(H,20,23). The molecule has 0 radical (unpaired) electrons. The number of nitriles is 1.